The Morgan fingerprint density at radius 1 is 1.10 bits per heavy atom. The Morgan fingerprint density at radius 3 is 2.24 bits per heavy atom. The number of hydrogen-bond donors (Lipinski definition) is 0. The number of aromatic nitrogens is 2. The lowest BCUT2D eigenvalue weighted by atomic mass is 9.95. The molecule has 0 atom stereocenters. The largest absolute Gasteiger partial charge is 0.292 e. The van der Waals surface area contributed by atoms with E-state index in [2.05, 4.69) is 44.9 Å². The number of ketones is 1. The van der Waals surface area contributed by atoms with Gasteiger partial charge in [0.05, 0.1) is 5.69 Å². The first-order valence-corrected chi connectivity index (χ1v) is 7.62. The quantitative estimate of drug-likeness (QED) is 0.782. The zero-order chi connectivity index (χ0) is 15.6. The summed E-state index contributed by atoms with van der Waals surface area (Å²) in [5, 5.41) is 4.46. The molecule has 0 aliphatic carbocycles. The average molecular weight is 284 g/mol. The summed E-state index contributed by atoms with van der Waals surface area (Å²) < 4.78 is 1.82. The minimum absolute atomic E-state index is 0.152. The topological polar surface area (TPSA) is 34.9 Å². The van der Waals surface area contributed by atoms with Gasteiger partial charge in [0.25, 0.3) is 0 Å². The molecule has 0 fully saturated rings. The first-order chi connectivity index (χ1) is 9.96. The van der Waals surface area contributed by atoms with E-state index in [1.54, 1.807) is 0 Å². The molecule has 0 N–H and O–H groups in total. The first kappa shape index (κ1) is 15.5. The molecule has 21 heavy (non-hydrogen) atoms. The summed E-state index contributed by atoms with van der Waals surface area (Å²) in [7, 11) is 0. The van der Waals surface area contributed by atoms with Gasteiger partial charge in [-0.2, -0.15) is 5.10 Å². The van der Waals surface area contributed by atoms with Crippen molar-refractivity contribution in [2.45, 2.75) is 54.0 Å². The summed E-state index contributed by atoms with van der Waals surface area (Å²) in [6, 6.07) is 6.22. The highest BCUT2D eigenvalue weighted by molar-refractivity contribution is 5.96. The second-order valence-corrected chi connectivity index (χ2v) is 5.67. The molecule has 0 radical (unpaired) electrons. The number of nitrogens with zero attached hydrogens (tertiary/aromatic N) is 2. The highest BCUT2D eigenvalue weighted by atomic mass is 16.1. The lowest BCUT2D eigenvalue weighted by molar-refractivity contribution is 0.0982. The molecule has 2 rings (SSSR count). The monoisotopic (exact) mass is 284 g/mol. The molecule has 1 aromatic heterocycles. The summed E-state index contributed by atoms with van der Waals surface area (Å²) in [6.45, 7) is 11.1. The van der Waals surface area contributed by atoms with E-state index >= 15 is 0 Å². The highest BCUT2D eigenvalue weighted by Gasteiger charge is 2.16. The van der Waals surface area contributed by atoms with Crippen LogP contribution in [0.3, 0.4) is 0 Å². The summed E-state index contributed by atoms with van der Waals surface area (Å²) in [6.07, 6.45) is 1.31. The van der Waals surface area contributed by atoms with E-state index in [-0.39, 0.29) is 5.78 Å². The maximum atomic E-state index is 12.7. The third kappa shape index (κ3) is 3.23. The number of carbonyl (C=O) groups excluding carboxylic acids is 1. The molecular formula is C18H24N2O. The van der Waals surface area contributed by atoms with Crippen molar-refractivity contribution in [3.63, 3.8) is 0 Å². The smallest absolute Gasteiger partial charge is 0.185 e. The number of benzene rings is 1. The van der Waals surface area contributed by atoms with Gasteiger partial charge in [-0.15, -0.1) is 0 Å². The van der Waals surface area contributed by atoms with Gasteiger partial charge < -0.3 is 0 Å². The van der Waals surface area contributed by atoms with Gasteiger partial charge in [-0.3, -0.25) is 9.48 Å². The number of Topliss-reactive ketones (excluding diaryl/α,β-unsaturated/α-hetero) is 1. The molecule has 0 aliphatic heterocycles. The Bertz CT molecular complexity index is 645. The second-order valence-electron chi connectivity index (χ2n) is 5.67. The first-order valence-electron chi connectivity index (χ1n) is 7.62. The van der Waals surface area contributed by atoms with Crippen molar-refractivity contribution in [2.75, 3.05) is 0 Å². The molecule has 2 aromatic rings. The van der Waals surface area contributed by atoms with Crippen molar-refractivity contribution < 1.29 is 4.79 Å². The van der Waals surface area contributed by atoms with Gasteiger partial charge in [-0.05, 0) is 56.9 Å². The van der Waals surface area contributed by atoms with E-state index in [1.807, 2.05) is 17.7 Å². The Kier molecular flexibility index (Phi) is 4.61. The fraction of sp³-hybridized carbons (Fsp3) is 0.444. The molecule has 1 heterocycles. The third-order valence-corrected chi connectivity index (χ3v) is 3.96. The van der Waals surface area contributed by atoms with E-state index in [1.165, 1.54) is 16.7 Å². The summed E-state index contributed by atoms with van der Waals surface area (Å²) >= 11 is 0. The molecule has 0 spiro atoms. The van der Waals surface area contributed by atoms with Crippen LogP contribution in [0.5, 0.6) is 0 Å². The van der Waals surface area contributed by atoms with Crippen molar-refractivity contribution in [1.29, 1.82) is 0 Å². The van der Waals surface area contributed by atoms with Crippen LogP contribution in [0.1, 0.15) is 52.3 Å². The summed E-state index contributed by atoms with van der Waals surface area (Å²) in [5.74, 6) is 0.152. The van der Waals surface area contributed by atoms with Crippen LogP contribution < -0.4 is 0 Å². The van der Waals surface area contributed by atoms with Crippen molar-refractivity contribution in [3.8, 4) is 0 Å². The minimum Gasteiger partial charge on any atom is -0.292 e. The predicted octanol–water partition coefficient (Wildman–Crippen LogP) is 3.82. The Balaban J connectivity index is 2.32. The molecule has 112 valence electrons. The van der Waals surface area contributed by atoms with Gasteiger partial charge in [-0.1, -0.05) is 24.6 Å². The van der Waals surface area contributed by atoms with Gasteiger partial charge in [0, 0.05) is 13.0 Å². The normalized spacial score (nSPS) is 10.9. The second kappa shape index (κ2) is 6.25. The van der Waals surface area contributed by atoms with Crippen molar-refractivity contribution in [3.05, 3.63) is 51.8 Å². The van der Waals surface area contributed by atoms with Gasteiger partial charge in [0.15, 0.2) is 5.78 Å². The zero-order valence-electron chi connectivity index (χ0n) is 13.7. The molecule has 0 aliphatic rings. The molecule has 3 nitrogen and oxygen atoms in total. The van der Waals surface area contributed by atoms with Crippen molar-refractivity contribution >= 4 is 5.78 Å². The summed E-state index contributed by atoms with van der Waals surface area (Å²) in [5.41, 5.74) is 6.49. The lowest BCUT2D eigenvalue weighted by Gasteiger charge is -2.11. The van der Waals surface area contributed by atoms with Gasteiger partial charge in [0.1, 0.15) is 5.69 Å². The van der Waals surface area contributed by atoms with Crippen LogP contribution in [0, 0.1) is 20.8 Å². The number of hydrogen-bond acceptors (Lipinski definition) is 2. The fourth-order valence-electron chi connectivity index (χ4n) is 2.85. The molecule has 0 saturated carbocycles. The van der Waals surface area contributed by atoms with Crippen molar-refractivity contribution in [1.82, 2.24) is 9.78 Å². The number of carbonyl (C=O) groups is 1. The van der Waals surface area contributed by atoms with Crippen LogP contribution in [0.15, 0.2) is 18.2 Å². The fourth-order valence-corrected chi connectivity index (χ4v) is 2.85. The van der Waals surface area contributed by atoms with Crippen LogP contribution in [-0.4, -0.2) is 15.6 Å². The third-order valence-electron chi connectivity index (χ3n) is 3.96. The van der Waals surface area contributed by atoms with Crippen molar-refractivity contribution in [2.24, 2.45) is 0 Å². The molecule has 0 saturated heterocycles. The van der Waals surface area contributed by atoms with Gasteiger partial charge >= 0.3 is 0 Å². The number of rotatable bonds is 5. The van der Waals surface area contributed by atoms with Crippen LogP contribution >= 0.6 is 0 Å². The molecule has 1 aromatic carbocycles. The molecule has 0 amide bonds. The van der Waals surface area contributed by atoms with E-state index < -0.39 is 0 Å². The maximum Gasteiger partial charge on any atom is 0.185 e. The lowest BCUT2D eigenvalue weighted by Crippen LogP contribution is -2.13. The van der Waals surface area contributed by atoms with E-state index in [0.717, 1.165) is 29.9 Å². The zero-order valence-corrected chi connectivity index (χ0v) is 13.7. The van der Waals surface area contributed by atoms with Crippen LogP contribution in [-0.2, 0) is 19.4 Å². The molecule has 0 bridgehead atoms. The Hall–Kier alpha value is -1.90. The summed E-state index contributed by atoms with van der Waals surface area (Å²) in [4.78, 5) is 12.7. The van der Waals surface area contributed by atoms with Crippen LogP contribution in [0.4, 0.5) is 0 Å². The molecule has 3 heteroatoms. The predicted molar refractivity (Wildman–Crippen MR) is 86.0 cm³/mol. The minimum atomic E-state index is 0.152. The standard InChI is InChI=1S/C18H24N2O/c1-6-15-10-17(20(7-2)19-15)18(21)11-16-13(4)8-12(3)9-14(16)5/h8-10H,6-7,11H2,1-5H3. The van der Waals surface area contributed by atoms with E-state index in [9.17, 15) is 4.79 Å². The van der Waals surface area contributed by atoms with E-state index in [4.69, 9.17) is 0 Å². The molecular weight excluding hydrogens is 260 g/mol. The van der Waals surface area contributed by atoms with E-state index in [0.29, 0.717) is 6.42 Å². The van der Waals surface area contributed by atoms with Gasteiger partial charge in [0.2, 0.25) is 0 Å². The number of aryl methyl sites for hydroxylation is 5. The maximum absolute atomic E-state index is 12.7. The van der Waals surface area contributed by atoms with Crippen LogP contribution in [0.25, 0.3) is 0 Å². The van der Waals surface area contributed by atoms with Gasteiger partial charge in [-0.25, -0.2) is 0 Å². The highest BCUT2D eigenvalue weighted by Crippen LogP contribution is 2.19. The Labute approximate surface area is 127 Å². The van der Waals surface area contributed by atoms with Crippen LogP contribution in [0.2, 0.25) is 0 Å². The SMILES string of the molecule is CCc1cc(C(=O)Cc2c(C)cc(C)cc2C)n(CC)n1. The Morgan fingerprint density at radius 2 is 1.71 bits per heavy atom. The molecule has 0 unspecified atom stereocenters. The average Bonchev–Trinajstić information content (AvgIpc) is 2.86.